The number of benzene rings is 2. The van der Waals surface area contributed by atoms with Crippen molar-refractivity contribution in [3.05, 3.63) is 64.8 Å². The third-order valence-corrected chi connectivity index (χ3v) is 3.60. The van der Waals surface area contributed by atoms with Crippen molar-refractivity contribution in [3.63, 3.8) is 0 Å². The molecule has 0 radical (unpaired) electrons. The minimum Gasteiger partial charge on any atom is -0.437 e. The number of halogens is 1. The first-order valence-corrected chi connectivity index (χ1v) is 6.98. The van der Waals surface area contributed by atoms with Crippen LogP contribution < -0.4 is 4.74 Å². The van der Waals surface area contributed by atoms with E-state index in [1.807, 2.05) is 49.4 Å². The first-order valence-electron chi connectivity index (χ1n) is 6.60. The monoisotopic (exact) mass is 299 g/mol. The summed E-state index contributed by atoms with van der Waals surface area (Å²) in [5.74, 6) is 1.05. The predicted octanol–water partition coefficient (Wildman–Crippen LogP) is 4.48. The molecule has 4 heteroatoms. The molecule has 1 N–H and O–H groups in total. The second-order valence-corrected chi connectivity index (χ2v) is 5.24. The van der Waals surface area contributed by atoms with Gasteiger partial charge in [-0.2, -0.15) is 0 Å². The molecule has 0 spiro atoms. The quantitative estimate of drug-likeness (QED) is 0.775. The summed E-state index contributed by atoms with van der Waals surface area (Å²) in [6, 6.07) is 13.3. The second kappa shape index (κ2) is 5.72. The van der Waals surface area contributed by atoms with Crippen molar-refractivity contribution >= 4 is 22.4 Å². The molecule has 2 aromatic carbocycles. The van der Waals surface area contributed by atoms with Crippen molar-refractivity contribution in [2.24, 2.45) is 0 Å². The fourth-order valence-electron chi connectivity index (χ4n) is 2.23. The zero-order valence-corrected chi connectivity index (χ0v) is 12.3. The summed E-state index contributed by atoms with van der Waals surface area (Å²) < 4.78 is 5.85. The summed E-state index contributed by atoms with van der Waals surface area (Å²) in [4.78, 5) is 4.30. The van der Waals surface area contributed by atoms with Gasteiger partial charge in [0.1, 0.15) is 5.75 Å². The Labute approximate surface area is 127 Å². The van der Waals surface area contributed by atoms with Crippen molar-refractivity contribution in [2.45, 2.75) is 13.5 Å². The number of hydrogen-bond donors (Lipinski definition) is 1. The lowest BCUT2D eigenvalue weighted by Gasteiger charge is -2.11. The summed E-state index contributed by atoms with van der Waals surface area (Å²) in [6.07, 6.45) is 1.62. The van der Waals surface area contributed by atoms with E-state index in [-0.39, 0.29) is 6.61 Å². The Bertz CT molecular complexity index is 802. The lowest BCUT2D eigenvalue weighted by Crippen LogP contribution is -1.94. The molecule has 21 heavy (non-hydrogen) atoms. The zero-order valence-electron chi connectivity index (χ0n) is 11.5. The van der Waals surface area contributed by atoms with Crippen LogP contribution in [-0.2, 0) is 6.61 Å². The summed E-state index contributed by atoms with van der Waals surface area (Å²) >= 11 is 6.20. The molecule has 0 aliphatic carbocycles. The topological polar surface area (TPSA) is 42.4 Å². The molecule has 0 atom stereocenters. The van der Waals surface area contributed by atoms with E-state index >= 15 is 0 Å². The number of ether oxygens (including phenoxy) is 1. The maximum atomic E-state index is 9.39. The molecule has 0 aliphatic rings. The normalized spacial score (nSPS) is 10.8. The number of fused-ring (bicyclic) bond motifs is 1. The average Bonchev–Trinajstić information content (AvgIpc) is 2.50. The minimum absolute atomic E-state index is 0.0565. The molecule has 3 rings (SSSR count). The van der Waals surface area contributed by atoms with E-state index in [1.165, 1.54) is 0 Å². The highest BCUT2D eigenvalue weighted by Gasteiger charge is 2.10. The molecular formula is C17H14ClNO2. The van der Waals surface area contributed by atoms with Gasteiger partial charge in [-0.25, -0.2) is 4.98 Å². The lowest BCUT2D eigenvalue weighted by atomic mass is 10.1. The third-order valence-electron chi connectivity index (χ3n) is 3.31. The van der Waals surface area contributed by atoms with Crippen LogP contribution in [-0.4, -0.2) is 10.1 Å². The van der Waals surface area contributed by atoms with Crippen LogP contribution in [0.4, 0.5) is 0 Å². The van der Waals surface area contributed by atoms with Crippen molar-refractivity contribution < 1.29 is 9.84 Å². The number of pyridine rings is 1. The molecule has 0 bridgehead atoms. The summed E-state index contributed by atoms with van der Waals surface area (Å²) in [5.41, 5.74) is 1.84. The Morgan fingerprint density at radius 1 is 1.14 bits per heavy atom. The number of aromatic nitrogens is 1. The molecule has 106 valence electrons. The molecule has 0 aliphatic heterocycles. The summed E-state index contributed by atoms with van der Waals surface area (Å²) in [6.45, 7) is 1.92. The van der Waals surface area contributed by atoms with Gasteiger partial charge in [0.05, 0.1) is 11.6 Å². The van der Waals surface area contributed by atoms with Gasteiger partial charge in [0.25, 0.3) is 0 Å². The van der Waals surface area contributed by atoms with Crippen LogP contribution in [0.25, 0.3) is 10.8 Å². The Morgan fingerprint density at radius 2 is 1.90 bits per heavy atom. The Morgan fingerprint density at radius 3 is 2.62 bits per heavy atom. The van der Waals surface area contributed by atoms with Gasteiger partial charge >= 0.3 is 0 Å². The summed E-state index contributed by atoms with van der Waals surface area (Å²) in [7, 11) is 0. The minimum atomic E-state index is -0.0565. The predicted molar refractivity (Wildman–Crippen MR) is 83.9 cm³/mol. The summed E-state index contributed by atoms with van der Waals surface area (Å²) in [5, 5.41) is 11.7. The van der Waals surface area contributed by atoms with Gasteiger partial charge in [-0.3, -0.25) is 0 Å². The van der Waals surface area contributed by atoms with E-state index < -0.39 is 0 Å². The van der Waals surface area contributed by atoms with Gasteiger partial charge in [-0.1, -0.05) is 35.9 Å². The maximum absolute atomic E-state index is 9.39. The molecule has 3 aromatic rings. The van der Waals surface area contributed by atoms with Crippen molar-refractivity contribution in [1.82, 2.24) is 4.98 Å². The lowest BCUT2D eigenvalue weighted by molar-refractivity contribution is 0.283. The van der Waals surface area contributed by atoms with Crippen molar-refractivity contribution in [2.75, 3.05) is 0 Å². The van der Waals surface area contributed by atoms with E-state index in [1.54, 1.807) is 6.20 Å². The van der Waals surface area contributed by atoms with E-state index in [4.69, 9.17) is 16.3 Å². The zero-order chi connectivity index (χ0) is 14.8. The highest BCUT2D eigenvalue weighted by atomic mass is 35.5. The standard InChI is InChI=1S/C17H14ClNO2/c1-11-6-7-16(15(18)8-11)21-17-14-5-3-2-4-13(14)12(10-20)9-19-17/h2-9,20H,10H2,1H3. The molecule has 0 fully saturated rings. The Balaban J connectivity index is 2.09. The van der Waals surface area contributed by atoms with Crippen LogP contribution in [0.1, 0.15) is 11.1 Å². The molecular weight excluding hydrogens is 286 g/mol. The van der Waals surface area contributed by atoms with E-state index in [0.717, 1.165) is 21.9 Å². The Hall–Kier alpha value is -2.10. The fraction of sp³-hybridized carbons (Fsp3) is 0.118. The molecule has 0 unspecified atom stereocenters. The van der Waals surface area contributed by atoms with E-state index in [2.05, 4.69) is 4.98 Å². The Kier molecular flexibility index (Phi) is 3.78. The van der Waals surface area contributed by atoms with Gasteiger partial charge in [0.15, 0.2) is 0 Å². The largest absolute Gasteiger partial charge is 0.437 e. The third kappa shape index (κ3) is 2.71. The van der Waals surface area contributed by atoms with Gasteiger partial charge < -0.3 is 9.84 Å². The van der Waals surface area contributed by atoms with Gasteiger partial charge in [-0.05, 0) is 36.1 Å². The SMILES string of the molecule is Cc1ccc(Oc2ncc(CO)c3ccccc23)c(Cl)c1. The van der Waals surface area contributed by atoms with Crippen LogP contribution in [0.5, 0.6) is 11.6 Å². The maximum Gasteiger partial charge on any atom is 0.227 e. The van der Waals surface area contributed by atoms with Crippen molar-refractivity contribution in [1.29, 1.82) is 0 Å². The number of nitrogens with zero attached hydrogens (tertiary/aromatic N) is 1. The molecule has 1 heterocycles. The van der Waals surface area contributed by atoms with Crippen LogP contribution in [0.2, 0.25) is 5.02 Å². The number of aliphatic hydroxyl groups is 1. The number of hydrogen-bond acceptors (Lipinski definition) is 3. The van der Waals surface area contributed by atoms with Gasteiger partial charge in [-0.15, -0.1) is 0 Å². The first-order chi connectivity index (χ1) is 10.2. The molecule has 1 aromatic heterocycles. The highest BCUT2D eigenvalue weighted by Crippen LogP contribution is 2.33. The van der Waals surface area contributed by atoms with Crippen LogP contribution in [0.3, 0.4) is 0 Å². The van der Waals surface area contributed by atoms with Gasteiger partial charge in [0, 0.05) is 17.1 Å². The van der Waals surface area contributed by atoms with Gasteiger partial charge in [0.2, 0.25) is 5.88 Å². The molecule has 0 saturated carbocycles. The highest BCUT2D eigenvalue weighted by molar-refractivity contribution is 6.32. The van der Waals surface area contributed by atoms with Crippen molar-refractivity contribution in [3.8, 4) is 11.6 Å². The number of aliphatic hydroxyl groups excluding tert-OH is 1. The number of aryl methyl sites for hydroxylation is 1. The molecule has 0 amide bonds. The second-order valence-electron chi connectivity index (χ2n) is 4.83. The van der Waals surface area contributed by atoms with Crippen LogP contribution in [0, 0.1) is 6.92 Å². The van der Waals surface area contributed by atoms with E-state index in [9.17, 15) is 5.11 Å². The first kappa shape index (κ1) is 13.9. The van der Waals surface area contributed by atoms with Crippen LogP contribution >= 0.6 is 11.6 Å². The number of rotatable bonds is 3. The molecule has 0 saturated heterocycles. The van der Waals surface area contributed by atoms with Crippen LogP contribution in [0.15, 0.2) is 48.7 Å². The average molecular weight is 300 g/mol. The molecule has 3 nitrogen and oxygen atoms in total. The fourth-order valence-corrected chi connectivity index (χ4v) is 2.50. The van der Waals surface area contributed by atoms with E-state index in [0.29, 0.717) is 16.7 Å². The smallest absolute Gasteiger partial charge is 0.227 e.